The van der Waals surface area contributed by atoms with Crippen molar-refractivity contribution in [2.45, 2.75) is 13.0 Å². The van der Waals surface area contributed by atoms with E-state index in [1.807, 2.05) is 0 Å². The van der Waals surface area contributed by atoms with Gasteiger partial charge in [-0.25, -0.2) is 0 Å². The average molecular weight is 371 g/mol. The maximum Gasteiger partial charge on any atom is 0.314 e. The summed E-state index contributed by atoms with van der Waals surface area (Å²) in [5, 5.41) is 14.0. The molecule has 2 aromatic rings. The highest BCUT2D eigenvalue weighted by Gasteiger charge is 2.31. The van der Waals surface area contributed by atoms with Crippen LogP contribution in [0.4, 0.5) is 17.1 Å². The summed E-state index contributed by atoms with van der Waals surface area (Å²) in [5.74, 6) is -0.571. The smallest absolute Gasteiger partial charge is 0.314 e. The van der Waals surface area contributed by atoms with E-state index in [0.29, 0.717) is 17.1 Å². The van der Waals surface area contributed by atoms with Crippen LogP contribution in [0.2, 0.25) is 0 Å². The molecule has 0 saturated carbocycles. The first-order valence-corrected chi connectivity index (χ1v) is 8.10. The Morgan fingerprint density at radius 1 is 1.30 bits per heavy atom. The number of hydrogen-bond acceptors (Lipinski definition) is 6. The summed E-state index contributed by atoms with van der Waals surface area (Å²) in [7, 11) is 1.39. The van der Waals surface area contributed by atoms with Crippen molar-refractivity contribution in [1.82, 2.24) is 0 Å². The van der Waals surface area contributed by atoms with Crippen LogP contribution in [0.1, 0.15) is 6.92 Å². The normalized spacial score (nSPS) is 14.0. The van der Waals surface area contributed by atoms with Gasteiger partial charge in [0.05, 0.1) is 29.5 Å². The number of hydrogen-bond donors (Lipinski definition) is 1. The Balaban J connectivity index is 1.85. The molecule has 0 saturated heterocycles. The number of fused-ring (bicyclic) bond motifs is 1. The van der Waals surface area contributed by atoms with Crippen molar-refractivity contribution in [3.05, 3.63) is 52.6 Å². The molecule has 0 fully saturated rings. The molecule has 3 rings (SSSR count). The van der Waals surface area contributed by atoms with Gasteiger partial charge in [-0.3, -0.25) is 24.6 Å². The van der Waals surface area contributed by atoms with Crippen LogP contribution in [0.3, 0.4) is 0 Å². The molecule has 9 heteroatoms. The minimum Gasteiger partial charge on any atom is -0.496 e. The van der Waals surface area contributed by atoms with Gasteiger partial charge in [-0.05, 0) is 31.2 Å². The van der Waals surface area contributed by atoms with E-state index in [4.69, 9.17) is 9.47 Å². The minimum atomic E-state index is -1.05. The molecule has 9 nitrogen and oxygen atoms in total. The van der Waals surface area contributed by atoms with Crippen LogP contribution in [0.25, 0.3) is 0 Å². The Morgan fingerprint density at radius 2 is 2.04 bits per heavy atom. The highest BCUT2D eigenvalue weighted by molar-refractivity contribution is 6.10. The summed E-state index contributed by atoms with van der Waals surface area (Å²) >= 11 is 0. The topological polar surface area (TPSA) is 111 Å². The van der Waals surface area contributed by atoms with E-state index >= 15 is 0 Å². The lowest BCUT2D eigenvalue weighted by Crippen LogP contribution is -2.47. The second-order valence-corrected chi connectivity index (χ2v) is 5.84. The van der Waals surface area contributed by atoms with Crippen molar-refractivity contribution in [2.75, 3.05) is 23.9 Å². The fourth-order valence-electron chi connectivity index (χ4n) is 2.76. The number of carbonyl (C=O) groups is 2. The van der Waals surface area contributed by atoms with E-state index < -0.39 is 16.9 Å². The lowest BCUT2D eigenvalue weighted by atomic mass is 10.1. The second-order valence-electron chi connectivity index (χ2n) is 5.84. The van der Waals surface area contributed by atoms with Crippen LogP contribution in [0.15, 0.2) is 42.5 Å². The predicted molar refractivity (Wildman–Crippen MR) is 97.2 cm³/mol. The zero-order chi connectivity index (χ0) is 19.6. The van der Waals surface area contributed by atoms with Gasteiger partial charge in [-0.2, -0.15) is 0 Å². The van der Waals surface area contributed by atoms with Gasteiger partial charge < -0.3 is 14.8 Å². The third-order valence-corrected chi connectivity index (χ3v) is 4.05. The van der Waals surface area contributed by atoms with Gasteiger partial charge in [-0.1, -0.05) is 12.1 Å². The van der Waals surface area contributed by atoms with Gasteiger partial charge in [0, 0.05) is 0 Å². The van der Waals surface area contributed by atoms with E-state index in [2.05, 4.69) is 5.32 Å². The molecule has 0 spiro atoms. The van der Waals surface area contributed by atoms with Gasteiger partial charge in [0.2, 0.25) is 5.91 Å². The first-order valence-electron chi connectivity index (χ1n) is 8.10. The van der Waals surface area contributed by atoms with E-state index in [1.54, 1.807) is 24.3 Å². The number of para-hydroxylation sites is 2. The molecule has 2 aromatic carbocycles. The number of nitro groups is 1. The Hall–Kier alpha value is -3.62. The van der Waals surface area contributed by atoms with Crippen LogP contribution in [-0.4, -0.2) is 36.5 Å². The SMILES string of the molecule is COc1ccc(OC(C)C(=O)N2CC(=O)Nc3ccccc32)c([N+](=O)[O-])c1. The fraction of sp³-hybridized carbons (Fsp3) is 0.222. The van der Waals surface area contributed by atoms with Crippen LogP contribution in [0, 0.1) is 10.1 Å². The molecule has 0 aliphatic carbocycles. The van der Waals surface area contributed by atoms with Crippen molar-refractivity contribution < 1.29 is 24.0 Å². The van der Waals surface area contributed by atoms with E-state index in [1.165, 1.54) is 37.1 Å². The number of anilines is 2. The van der Waals surface area contributed by atoms with Crippen molar-refractivity contribution in [2.24, 2.45) is 0 Å². The fourth-order valence-corrected chi connectivity index (χ4v) is 2.76. The average Bonchev–Trinajstić information content (AvgIpc) is 2.66. The Bertz CT molecular complexity index is 914. The summed E-state index contributed by atoms with van der Waals surface area (Å²) in [6.07, 6.45) is -1.05. The second kappa shape index (κ2) is 7.32. The van der Waals surface area contributed by atoms with Crippen molar-refractivity contribution in [3.63, 3.8) is 0 Å². The molecule has 0 bridgehead atoms. The summed E-state index contributed by atoms with van der Waals surface area (Å²) in [6.45, 7) is 1.32. The van der Waals surface area contributed by atoms with Crippen LogP contribution in [0.5, 0.6) is 11.5 Å². The van der Waals surface area contributed by atoms with Crippen molar-refractivity contribution >= 4 is 28.9 Å². The van der Waals surface area contributed by atoms with Crippen LogP contribution >= 0.6 is 0 Å². The number of methoxy groups -OCH3 is 1. The standard InChI is InChI=1S/C18H17N3O6/c1-11(27-16-8-7-12(26-2)9-15(16)21(24)25)18(23)20-10-17(22)19-13-5-3-4-6-14(13)20/h3-9,11H,10H2,1-2H3,(H,19,22). The number of ether oxygens (including phenoxy) is 2. The molecule has 1 unspecified atom stereocenters. The van der Waals surface area contributed by atoms with Crippen LogP contribution < -0.4 is 19.7 Å². The largest absolute Gasteiger partial charge is 0.496 e. The zero-order valence-electron chi connectivity index (χ0n) is 14.7. The predicted octanol–water partition coefficient (Wildman–Crippen LogP) is 2.36. The first kappa shape index (κ1) is 18.2. The molecule has 1 N–H and O–H groups in total. The van der Waals surface area contributed by atoms with Crippen LogP contribution in [-0.2, 0) is 9.59 Å². The number of nitrogens with one attached hydrogen (secondary N) is 1. The zero-order valence-corrected chi connectivity index (χ0v) is 14.7. The number of carbonyl (C=O) groups excluding carboxylic acids is 2. The van der Waals surface area contributed by atoms with Gasteiger partial charge in [0.25, 0.3) is 5.91 Å². The molecule has 1 atom stereocenters. The first-order chi connectivity index (χ1) is 12.9. The third kappa shape index (κ3) is 3.66. The van der Waals surface area contributed by atoms with Gasteiger partial charge >= 0.3 is 5.69 Å². The summed E-state index contributed by atoms with van der Waals surface area (Å²) in [5.41, 5.74) is 0.747. The molecule has 27 heavy (non-hydrogen) atoms. The quantitative estimate of drug-likeness (QED) is 0.638. The Kier molecular flexibility index (Phi) is 4.93. The van der Waals surface area contributed by atoms with Crippen molar-refractivity contribution in [3.8, 4) is 11.5 Å². The number of benzene rings is 2. The monoisotopic (exact) mass is 371 g/mol. The molecule has 140 valence electrons. The van der Waals surface area contributed by atoms with Gasteiger partial charge in [0.1, 0.15) is 12.3 Å². The molecule has 1 aliphatic rings. The lowest BCUT2D eigenvalue weighted by Gasteiger charge is -2.31. The molecule has 0 radical (unpaired) electrons. The van der Waals surface area contributed by atoms with Gasteiger partial charge in [0.15, 0.2) is 11.9 Å². The van der Waals surface area contributed by atoms with E-state index in [9.17, 15) is 19.7 Å². The molecule has 2 amide bonds. The van der Waals surface area contributed by atoms with Crippen molar-refractivity contribution in [1.29, 1.82) is 0 Å². The minimum absolute atomic E-state index is 0.0589. The number of rotatable bonds is 5. The molecular weight excluding hydrogens is 354 g/mol. The summed E-state index contributed by atoms with van der Waals surface area (Å²) < 4.78 is 10.5. The molecule has 1 heterocycles. The Morgan fingerprint density at radius 3 is 2.74 bits per heavy atom. The summed E-state index contributed by atoms with van der Waals surface area (Å²) in [4.78, 5) is 36.7. The summed E-state index contributed by atoms with van der Waals surface area (Å²) in [6, 6.07) is 11.0. The highest BCUT2D eigenvalue weighted by atomic mass is 16.6. The number of nitrogens with zero attached hydrogens (tertiary/aromatic N) is 2. The molecule has 0 aromatic heterocycles. The number of nitro benzene ring substituents is 1. The third-order valence-electron chi connectivity index (χ3n) is 4.05. The lowest BCUT2D eigenvalue weighted by molar-refractivity contribution is -0.386. The molecular formula is C18H17N3O6. The Labute approximate surface area is 154 Å². The molecule has 1 aliphatic heterocycles. The van der Waals surface area contributed by atoms with Gasteiger partial charge in [-0.15, -0.1) is 0 Å². The highest BCUT2D eigenvalue weighted by Crippen LogP contribution is 2.33. The maximum atomic E-state index is 12.8. The van der Waals surface area contributed by atoms with E-state index in [0.717, 1.165) is 0 Å². The maximum absolute atomic E-state index is 12.8. The van der Waals surface area contributed by atoms with E-state index in [-0.39, 0.29) is 23.9 Å². The number of amides is 2.